The number of nitrogens with zero attached hydrogens (tertiary/aromatic N) is 5. The number of imidazole rings is 2. The summed E-state index contributed by atoms with van der Waals surface area (Å²) in [5.74, 6) is 0.0297. The number of nitrogens with two attached hydrogens (primary N) is 1. The lowest BCUT2D eigenvalue weighted by atomic mass is 10.1. The number of primary amides is 1. The number of unbranched alkanes of at least 4 members (excludes halogenated alkanes) is 5. The quantitative estimate of drug-likeness (QED) is 0.395. The third-order valence-electron chi connectivity index (χ3n) is 6.17. The van der Waals surface area contributed by atoms with Gasteiger partial charge in [0.1, 0.15) is 0 Å². The molecule has 1 aromatic carbocycles. The minimum Gasteiger partial charge on any atom is -0.366 e. The van der Waals surface area contributed by atoms with Crippen molar-refractivity contribution < 1.29 is 4.79 Å². The lowest BCUT2D eigenvalue weighted by Gasteiger charge is -2.08. The minimum absolute atomic E-state index is 0.324. The monoisotopic (exact) mass is 450 g/mol. The molecule has 0 aliphatic rings. The number of amides is 1. The first-order valence-corrected chi connectivity index (χ1v) is 11.4. The first-order chi connectivity index (χ1) is 15.8. The van der Waals surface area contributed by atoms with Crippen LogP contribution in [0.25, 0.3) is 22.6 Å². The van der Waals surface area contributed by atoms with Gasteiger partial charge in [-0.1, -0.05) is 39.0 Å². The topological polar surface area (TPSA) is 109 Å². The number of benzene rings is 1. The molecule has 2 N–H and O–H groups in total. The Morgan fingerprint density at radius 1 is 1.03 bits per heavy atom. The maximum atomic E-state index is 13.3. The van der Waals surface area contributed by atoms with Gasteiger partial charge < -0.3 is 5.73 Å². The standard InChI is InChI=1S/C24H30N6O3/c1-4-5-6-7-8-9-14-28-22(32)19-21(27(3)24(28)33)26-23-29(19)15-16(2)30(23)18-12-10-17(11-13-18)20(25)31/h10-13,15H,4-9,14H2,1-3H3,(H2,25,31). The molecule has 0 fully saturated rings. The van der Waals surface area contributed by atoms with E-state index >= 15 is 0 Å². The predicted octanol–water partition coefficient (Wildman–Crippen LogP) is 2.91. The van der Waals surface area contributed by atoms with Crippen molar-refractivity contribution in [3.05, 3.63) is 62.6 Å². The maximum Gasteiger partial charge on any atom is 0.332 e. The number of fused-ring (bicyclic) bond motifs is 3. The Kier molecular flexibility index (Phi) is 6.22. The number of carbonyl (C=O) groups is 1. The molecule has 33 heavy (non-hydrogen) atoms. The highest BCUT2D eigenvalue weighted by atomic mass is 16.2. The first-order valence-electron chi connectivity index (χ1n) is 11.4. The lowest BCUT2D eigenvalue weighted by Crippen LogP contribution is -2.39. The highest BCUT2D eigenvalue weighted by Crippen LogP contribution is 2.21. The molecule has 0 unspecified atom stereocenters. The third kappa shape index (κ3) is 3.99. The second kappa shape index (κ2) is 9.09. The summed E-state index contributed by atoms with van der Waals surface area (Å²) in [5.41, 5.74) is 7.46. The van der Waals surface area contributed by atoms with Gasteiger partial charge in [0.15, 0.2) is 11.2 Å². The summed E-state index contributed by atoms with van der Waals surface area (Å²) in [6, 6.07) is 6.86. The molecule has 0 radical (unpaired) electrons. The van der Waals surface area contributed by atoms with Crippen molar-refractivity contribution in [2.45, 2.75) is 58.9 Å². The van der Waals surface area contributed by atoms with E-state index in [2.05, 4.69) is 11.9 Å². The first kappa shape index (κ1) is 22.6. The average molecular weight is 451 g/mol. The van der Waals surface area contributed by atoms with Crippen LogP contribution in [-0.4, -0.2) is 29.0 Å². The van der Waals surface area contributed by atoms with Crippen LogP contribution in [0, 0.1) is 6.92 Å². The van der Waals surface area contributed by atoms with Gasteiger partial charge in [0.2, 0.25) is 11.7 Å². The smallest absolute Gasteiger partial charge is 0.332 e. The van der Waals surface area contributed by atoms with Crippen LogP contribution < -0.4 is 17.0 Å². The molecule has 4 aromatic rings. The predicted molar refractivity (Wildman–Crippen MR) is 128 cm³/mol. The normalized spacial score (nSPS) is 11.6. The summed E-state index contributed by atoms with van der Waals surface area (Å²) in [6.07, 6.45) is 8.31. The molecule has 0 atom stereocenters. The Bertz CT molecular complexity index is 1440. The zero-order chi connectivity index (χ0) is 23.7. The van der Waals surface area contributed by atoms with E-state index in [1.54, 1.807) is 35.7 Å². The molecule has 0 bridgehead atoms. The van der Waals surface area contributed by atoms with E-state index in [0.717, 1.165) is 30.6 Å². The average Bonchev–Trinajstić information content (AvgIpc) is 3.31. The molecule has 9 nitrogen and oxygen atoms in total. The second-order valence-corrected chi connectivity index (χ2v) is 8.54. The van der Waals surface area contributed by atoms with E-state index in [9.17, 15) is 14.4 Å². The van der Waals surface area contributed by atoms with E-state index in [4.69, 9.17) is 5.73 Å². The van der Waals surface area contributed by atoms with Gasteiger partial charge in [0.05, 0.1) is 0 Å². The van der Waals surface area contributed by atoms with Crippen LogP contribution >= 0.6 is 0 Å². The van der Waals surface area contributed by atoms with Crippen molar-refractivity contribution in [3.8, 4) is 5.69 Å². The molecular weight excluding hydrogens is 420 g/mol. The highest BCUT2D eigenvalue weighted by molar-refractivity contribution is 5.93. The number of rotatable bonds is 9. The van der Waals surface area contributed by atoms with Gasteiger partial charge in [0.25, 0.3) is 5.56 Å². The molecular formula is C24H30N6O3. The Balaban J connectivity index is 1.78. The van der Waals surface area contributed by atoms with Crippen molar-refractivity contribution in [3.63, 3.8) is 0 Å². The number of hydrogen-bond acceptors (Lipinski definition) is 4. The van der Waals surface area contributed by atoms with Crippen molar-refractivity contribution in [2.75, 3.05) is 0 Å². The fourth-order valence-electron chi connectivity index (χ4n) is 4.35. The molecule has 0 spiro atoms. The van der Waals surface area contributed by atoms with E-state index in [-0.39, 0.29) is 11.2 Å². The summed E-state index contributed by atoms with van der Waals surface area (Å²) >= 11 is 0. The lowest BCUT2D eigenvalue weighted by molar-refractivity contribution is 0.100. The van der Waals surface area contributed by atoms with Crippen LogP contribution in [0.4, 0.5) is 0 Å². The summed E-state index contributed by atoms with van der Waals surface area (Å²) < 4.78 is 6.39. The van der Waals surface area contributed by atoms with Gasteiger partial charge in [-0.25, -0.2) is 4.79 Å². The minimum atomic E-state index is -0.497. The number of aryl methyl sites for hydroxylation is 2. The van der Waals surface area contributed by atoms with E-state index in [1.807, 2.05) is 17.7 Å². The fraction of sp³-hybridized carbons (Fsp3) is 0.417. The number of carbonyl (C=O) groups excluding carboxylic acids is 1. The maximum absolute atomic E-state index is 13.3. The molecule has 4 rings (SSSR count). The zero-order valence-electron chi connectivity index (χ0n) is 19.4. The van der Waals surface area contributed by atoms with Crippen LogP contribution in [0.15, 0.2) is 40.1 Å². The van der Waals surface area contributed by atoms with Crippen molar-refractivity contribution in [2.24, 2.45) is 12.8 Å². The van der Waals surface area contributed by atoms with Crippen LogP contribution in [0.3, 0.4) is 0 Å². The molecule has 1 amide bonds. The Labute approximate surface area is 191 Å². The Hall–Kier alpha value is -3.62. The van der Waals surface area contributed by atoms with E-state index < -0.39 is 5.91 Å². The van der Waals surface area contributed by atoms with Crippen LogP contribution in [0.1, 0.15) is 61.5 Å². The highest BCUT2D eigenvalue weighted by Gasteiger charge is 2.20. The summed E-state index contributed by atoms with van der Waals surface area (Å²) in [5, 5.41) is 0. The van der Waals surface area contributed by atoms with Gasteiger partial charge in [-0.15, -0.1) is 0 Å². The van der Waals surface area contributed by atoms with Crippen LogP contribution in [0.2, 0.25) is 0 Å². The molecule has 0 saturated carbocycles. The van der Waals surface area contributed by atoms with Gasteiger partial charge in [0, 0.05) is 36.7 Å². The third-order valence-corrected chi connectivity index (χ3v) is 6.17. The molecule has 3 heterocycles. The molecule has 9 heteroatoms. The Morgan fingerprint density at radius 3 is 2.36 bits per heavy atom. The molecule has 174 valence electrons. The number of aromatic nitrogens is 5. The number of hydrogen-bond donors (Lipinski definition) is 1. The summed E-state index contributed by atoms with van der Waals surface area (Å²) in [4.78, 5) is 42.3. The fourth-order valence-corrected chi connectivity index (χ4v) is 4.35. The van der Waals surface area contributed by atoms with Crippen molar-refractivity contribution in [1.29, 1.82) is 0 Å². The summed E-state index contributed by atoms with van der Waals surface area (Å²) in [7, 11) is 1.65. The van der Waals surface area contributed by atoms with Crippen molar-refractivity contribution in [1.82, 2.24) is 23.1 Å². The second-order valence-electron chi connectivity index (χ2n) is 8.54. The SMILES string of the molecule is CCCCCCCCn1c(=O)c2c(nc3n(-c4ccc(C(N)=O)cc4)c(C)cn23)n(C)c1=O. The van der Waals surface area contributed by atoms with Gasteiger partial charge in [-0.05, 0) is 37.6 Å². The van der Waals surface area contributed by atoms with Gasteiger partial charge in [-0.2, -0.15) is 4.98 Å². The molecule has 0 aliphatic heterocycles. The van der Waals surface area contributed by atoms with Gasteiger partial charge >= 0.3 is 5.69 Å². The molecule has 0 saturated heterocycles. The van der Waals surface area contributed by atoms with E-state index in [0.29, 0.717) is 29.0 Å². The van der Waals surface area contributed by atoms with Crippen LogP contribution in [-0.2, 0) is 13.6 Å². The van der Waals surface area contributed by atoms with Gasteiger partial charge in [-0.3, -0.25) is 27.7 Å². The molecule has 3 aromatic heterocycles. The Morgan fingerprint density at radius 2 is 1.70 bits per heavy atom. The van der Waals surface area contributed by atoms with E-state index in [1.165, 1.54) is 28.4 Å². The van der Waals surface area contributed by atoms with Crippen molar-refractivity contribution >= 4 is 22.8 Å². The zero-order valence-corrected chi connectivity index (χ0v) is 19.4. The van der Waals surface area contributed by atoms with Crippen LogP contribution in [0.5, 0.6) is 0 Å². The largest absolute Gasteiger partial charge is 0.366 e. The molecule has 0 aliphatic carbocycles. The summed E-state index contributed by atoms with van der Waals surface area (Å²) in [6.45, 7) is 4.49.